The van der Waals surface area contributed by atoms with Crippen LogP contribution in [0.15, 0.2) is 18.2 Å². The molecule has 0 heterocycles. The maximum atomic E-state index is 13.7. The van der Waals surface area contributed by atoms with E-state index in [0.717, 1.165) is 0 Å². The normalized spacial score (nSPS) is 12.1. The topological polar surface area (TPSA) is 70.6 Å². The molecule has 0 spiro atoms. The van der Waals surface area contributed by atoms with Gasteiger partial charge in [0.1, 0.15) is 11.4 Å². The van der Waals surface area contributed by atoms with Gasteiger partial charge in [0, 0.05) is 12.1 Å². The summed E-state index contributed by atoms with van der Waals surface area (Å²) in [7, 11) is 0. The quantitative estimate of drug-likeness (QED) is 0.750. The molecule has 0 aliphatic rings. The van der Waals surface area contributed by atoms with Gasteiger partial charge in [-0.15, -0.1) is 0 Å². The van der Waals surface area contributed by atoms with E-state index in [0.29, 0.717) is 11.1 Å². The van der Waals surface area contributed by atoms with Crippen molar-refractivity contribution in [2.75, 3.05) is 13.1 Å². The van der Waals surface area contributed by atoms with Crippen LogP contribution >= 0.6 is 0 Å². The van der Waals surface area contributed by atoms with E-state index in [2.05, 4.69) is 5.32 Å². The van der Waals surface area contributed by atoms with E-state index in [4.69, 9.17) is 4.74 Å². The highest BCUT2D eigenvalue weighted by atomic mass is 19.3. The van der Waals surface area contributed by atoms with Crippen LogP contribution in [0.4, 0.5) is 13.6 Å². The fourth-order valence-electron chi connectivity index (χ4n) is 1.82. The number of phenols is 1. The van der Waals surface area contributed by atoms with Crippen molar-refractivity contribution in [1.29, 1.82) is 0 Å². The number of alkyl carbamates (subject to hydrolysis) is 1. The van der Waals surface area contributed by atoms with Crippen molar-refractivity contribution in [1.82, 2.24) is 10.6 Å². The SMILES string of the molecule is Cc1cccc(CNCC(F)(F)CNC(=O)OC(C)(C)C)c1O. The molecule has 1 aromatic carbocycles. The third-order valence-corrected chi connectivity index (χ3v) is 2.91. The van der Waals surface area contributed by atoms with Crippen molar-refractivity contribution in [3.8, 4) is 5.75 Å². The smallest absolute Gasteiger partial charge is 0.407 e. The first-order valence-corrected chi connectivity index (χ1v) is 7.33. The maximum absolute atomic E-state index is 13.7. The standard InChI is InChI=1S/C16H24F2N2O3/c1-11-6-5-7-12(13(11)21)8-19-9-16(17,18)10-20-14(22)23-15(2,3)4/h5-7,19,21H,8-10H2,1-4H3,(H,20,22). The van der Waals surface area contributed by atoms with E-state index in [-0.39, 0.29) is 12.3 Å². The number of nitrogens with one attached hydrogen (secondary N) is 2. The molecule has 7 heteroatoms. The van der Waals surface area contributed by atoms with Crippen LogP contribution in [0.5, 0.6) is 5.75 Å². The number of para-hydroxylation sites is 1. The molecule has 0 aliphatic carbocycles. The lowest BCUT2D eigenvalue weighted by molar-refractivity contribution is -0.00379. The summed E-state index contributed by atoms with van der Waals surface area (Å²) in [6, 6.07) is 5.14. The van der Waals surface area contributed by atoms with Crippen LogP contribution in [-0.4, -0.2) is 35.8 Å². The number of phenolic OH excluding ortho intramolecular Hbond substituents is 1. The second kappa shape index (κ2) is 7.59. The van der Waals surface area contributed by atoms with Gasteiger partial charge in [-0.1, -0.05) is 18.2 Å². The third-order valence-electron chi connectivity index (χ3n) is 2.91. The Morgan fingerprint density at radius 2 is 1.91 bits per heavy atom. The van der Waals surface area contributed by atoms with E-state index in [1.807, 2.05) is 5.32 Å². The van der Waals surface area contributed by atoms with Crippen LogP contribution in [0.1, 0.15) is 31.9 Å². The summed E-state index contributed by atoms with van der Waals surface area (Å²) in [5.41, 5.74) is 0.490. The molecule has 0 saturated heterocycles. The molecule has 5 nitrogen and oxygen atoms in total. The van der Waals surface area contributed by atoms with Gasteiger partial charge in [0.2, 0.25) is 0 Å². The third kappa shape index (κ3) is 7.27. The van der Waals surface area contributed by atoms with Crippen LogP contribution in [0.3, 0.4) is 0 Å². The van der Waals surface area contributed by atoms with Gasteiger partial charge in [-0.3, -0.25) is 0 Å². The summed E-state index contributed by atoms with van der Waals surface area (Å²) in [5, 5.41) is 14.4. The summed E-state index contributed by atoms with van der Waals surface area (Å²) in [5.74, 6) is -3.04. The van der Waals surface area contributed by atoms with Gasteiger partial charge >= 0.3 is 6.09 Å². The van der Waals surface area contributed by atoms with Crippen molar-refractivity contribution in [3.63, 3.8) is 0 Å². The number of amides is 1. The Labute approximate surface area is 135 Å². The van der Waals surface area contributed by atoms with Gasteiger partial charge in [0.05, 0.1) is 13.1 Å². The zero-order valence-electron chi connectivity index (χ0n) is 13.9. The molecule has 23 heavy (non-hydrogen) atoms. The molecule has 0 radical (unpaired) electrons. The van der Waals surface area contributed by atoms with Gasteiger partial charge in [-0.05, 0) is 33.3 Å². The molecule has 130 valence electrons. The average molecular weight is 330 g/mol. The molecule has 0 atom stereocenters. The Balaban J connectivity index is 2.41. The monoisotopic (exact) mass is 330 g/mol. The first kappa shape index (κ1) is 19.2. The van der Waals surface area contributed by atoms with Crippen molar-refractivity contribution in [2.45, 2.75) is 45.8 Å². The zero-order chi connectivity index (χ0) is 17.7. The first-order chi connectivity index (χ1) is 10.5. The Kier molecular flexibility index (Phi) is 6.32. The lowest BCUT2D eigenvalue weighted by Crippen LogP contribution is -2.44. The van der Waals surface area contributed by atoms with Crippen LogP contribution in [0.25, 0.3) is 0 Å². The zero-order valence-corrected chi connectivity index (χ0v) is 13.9. The molecule has 1 rings (SSSR count). The Morgan fingerprint density at radius 3 is 2.52 bits per heavy atom. The summed E-state index contributed by atoms with van der Waals surface area (Å²) < 4.78 is 32.3. The van der Waals surface area contributed by atoms with Crippen molar-refractivity contribution in [2.24, 2.45) is 0 Å². The summed E-state index contributed by atoms with van der Waals surface area (Å²) in [6.07, 6.45) is -0.881. The van der Waals surface area contributed by atoms with E-state index in [1.165, 1.54) is 0 Å². The highest BCUT2D eigenvalue weighted by Crippen LogP contribution is 2.21. The second-order valence-electron chi connectivity index (χ2n) is 6.40. The minimum Gasteiger partial charge on any atom is -0.507 e. The minimum absolute atomic E-state index is 0.0928. The number of benzene rings is 1. The van der Waals surface area contributed by atoms with Gasteiger partial charge in [0.15, 0.2) is 0 Å². The van der Waals surface area contributed by atoms with Gasteiger partial charge in [-0.2, -0.15) is 0 Å². The fraction of sp³-hybridized carbons (Fsp3) is 0.562. The Hall–Kier alpha value is -1.89. The average Bonchev–Trinajstić information content (AvgIpc) is 2.39. The summed E-state index contributed by atoms with van der Waals surface area (Å²) >= 11 is 0. The molecule has 0 bridgehead atoms. The lowest BCUT2D eigenvalue weighted by atomic mass is 10.1. The number of halogens is 2. The molecule has 0 aliphatic heterocycles. The molecular formula is C16H24F2N2O3. The fourth-order valence-corrected chi connectivity index (χ4v) is 1.82. The van der Waals surface area contributed by atoms with E-state index < -0.39 is 30.7 Å². The van der Waals surface area contributed by atoms with Gasteiger partial charge < -0.3 is 20.5 Å². The number of aryl methyl sites for hydroxylation is 1. The first-order valence-electron chi connectivity index (χ1n) is 7.33. The molecule has 0 unspecified atom stereocenters. The lowest BCUT2D eigenvalue weighted by Gasteiger charge is -2.22. The highest BCUT2D eigenvalue weighted by molar-refractivity contribution is 5.67. The van der Waals surface area contributed by atoms with E-state index in [9.17, 15) is 18.7 Å². The second-order valence-corrected chi connectivity index (χ2v) is 6.40. The predicted molar refractivity (Wildman–Crippen MR) is 83.7 cm³/mol. The Morgan fingerprint density at radius 1 is 1.26 bits per heavy atom. The molecule has 1 aromatic rings. The molecule has 1 amide bonds. The summed E-state index contributed by atoms with van der Waals surface area (Å²) in [4.78, 5) is 11.4. The number of ether oxygens (including phenoxy) is 1. The molecule has 0 aromatic heterocycles. The van der Waals surface area contributed by atoms with Crippen molar-refractivity contribution < 1.29 is 23.4 Å². The molecular weight excluding hydrogens is 306 g/mol. The maximum Gasteiger partial charge on any atom is 0.407 e. The number of carbonyl (C=O) groups excluding carboxylic acids is 1. The molecule has 0 saturated carbocycles. The van der Waals surface area contributed by atoms with Gasteiger partial charge in [-0.25, -0.2) is 13.6 Å². The number of rotatable bonds is 6. The van der Waals surface area contributed by atoms with E-state index >= 15 is 0 Å². The number of hydrogen-bond acceptors (Lipinski definition) is 4. The van der Waals surface area contributed by atoms with Crippen molar-refractivity contribution in [3.05, 3.63) is 29.3 Å². The van der Waals surface area contributed by atoms with Crippen LogP contribution in [0.2, 0.25) is 0 Å². The van der Waals surface area contributed by atoms with Crippen LogP contribution in [0, 0.1) is 6.92 Å². The minimum atomic E-state index is -3.13. The Bertz CT molecular complexity index is 543. The molecule has 3 N–H and O–H groups in total. The number of carbonyl (C=O) groups is 1. The number of aromatic hydroxyl groups is 1. The summed E-state index contributed by atoms with van der Waals surface area (Å²) in [6.45, 7) is 5.35. The van der Waals surface area contributed by atoms with E-state index in [1.54, 1.807) is 45.9 Å². The molecule has 0 fully saturated rings. The highest BCUT2D eigenvalue weighted by Gasteiger charge is 2.30. The van der Waals surface area contributed by atoms with Crippen molar-refractivity contribution >= 4 is 6.09 Å². The number of hydrogen-bond donors (Lipinski definition) is 3. The largest absolute Gasteiger partial charge is 0.507 e. The van der Waals surface area contributed by atoms with Crippen LogP contribution in [-0.2, 0) is 11.3 Å². The predicted octanol–water partition coefficient (Wildman–Crippen LogP) is 2.95. The van der Waals surface area contributed by atoms with Gasteiger partial charge in [0.25, 0.3) is 5.92 Å². The van der Waals surface area contributed by atoms with Crippen LogP contribution < -0.4 is 10.6 Å². The number of alkyl halides is 2.